The van der Waals surface area contributed by atoms with Crippen molar-refractivity contribution in [3.63, 3.8) is 0 Å². The molecule has 2 N–H and O–H groups in total. The lowest BCUT2D eigenvalue weighted by molar-refractivity contribution is -0.173. The minimum absolute atomic E-state index is 0.0405. The summed E-state index contributed by atoms with van der Waals surface area (Å²) in [6, 6.07) is 2.99. The molecule has 0 spiro atoms. The maximum atomic E-state index is 12.0. The fraction of sp³-hybridized carbons (Fsp3) is 0.333. The number of rotatable bonds is 3. The van der Waals surface area contributed by atoms with Gasteiger partial charge in [-0.25, -0.2) is 4.79 Å². The number of carbonyl (C=O) groups excluding carboxylic acids is 1. The van der Waals surface area contributed by atoms with Crippen LogP contribution in [0.3, 0.4) is 0 Å². The standard InChI is InChI=1S/C12H12F3NO3/c1-6-3-4-8(7(2)9(6)10(17)18)5-16-11(19)12(13,14)15/h3-4H,5H2,1-2H3,(H,16,19)(H,17,18). The molecule has 104 valence electrons. The molecule has 1 aromatic rings. The number of alkyl halides is 3. The smallest absolute Gasteiger partial charge is 0.471 e. The first-order chi connectivity index (χ1) is 8.64. The molecule has 0 aliphatic rings. The quantitative estimate of drug-likeness (QED) is 0.888. The second kappa shape index (κ2) is 5.29. The molecule has 0 aromatic heterocycles. The summed E-state index contributed by atoms with van der Waals surface area (Å²) in [7, 11) is 0. The molecule has 0 saturated carbocycles. The Balaban J connectivity index is 2.95. The van der Waals surface area contributed by atoms with E-state index in [1.54, 1.807) is 12.2 Å². The number of halogens is 3. The van der Waals surface area contributed by atoms with Crippen molar-refractivity contribution in [3.05, 3.63) is 34.4 Å². The van der Waals surface area contributed by atoms with Gasteiger partial charge in [0.05, 0.1) is 5.56 Å². The molecule has 0 bridgehead atoms. The predicted molar refractivity (Wildman–Crippen MR) is 60.8 cm³/mol. The zero-order valence-corrected chi connectivity index (χ0v) is 10.3. The molecule has 0 atom stereocenters. The van der Waals surface area contributed by atoms with Crippen molar-refractivity contribution in [3.8, 4) is 0 Å². The molecule has 0 heterocycles. The van der Waals surface area contributed by atoms with Crippen molar-refractivity contribution in [1.82, 2.24) is 5.32 Å². The molecule has 7 heteroatoms. The summed E-state index contributed by atoms with van der Waals surface area (Å²) in [5.74, 6) is -3.21. The third kappa shape index (κ3) is 3.46. The average molecular weight is 275 g/mol. The van der Waals surface area contributed by atoms with Crippen LogP contribution in [0.2, 0.25) is 0 Å². The Labute approximate surface area is 107 Å². The number of hydrogen-bond acceptors (Lipinski definition) is 2. The Morgan fingerprint density at radius 3 is 2.32 bits per heavy atom. The summed E-state index contributed by atoms with van der Waals surface area (Å²) < 4.78 is 36.1. The van der Waals surface area contributed by atoms with E-state index in [0.29, 0.717) is 16.7 Å². The van der Waals surface area contributed by atoms with Crippen LogP contribution in [0.15, 0.2) is 12.1 Å². The number of carboxylic acid groups (broad SMARTS) is 1. The van der Waals surface area contributed by atoms with Gasteiger partial charge in [-0.2, -0.15) is 13.2 Å². The normalized spacial score (nSPS) is 11.2. The van der Waals surface area contributed by atoms with E-state index in [1.165, 1.54) is 19.1 Å². The number of carboxylic acids is 1. The first kappa shape index (κ1) is 15.0. The molecule has 19 heavy (non-hydrogen) atoms. The summed E-state index contributed by atoms with van der Waals surface area (Å²) in [6.07, 6.45) is -4.95. The zero-order chi connectivity index (χ0) is 14.8. The lowest BCUT2D eigenvalue weighted by Crippen LogP contribution is -2.36. The second-order valence-electron chi connectivity index (χ2n) is 4.03. The fourth-order valence-corrected chi connectivity index (χ4v) is 1.69. The monoisotopic (exact) mass is 275 g/mol. The first-order valence-corrected chi connectivity index (χ1v) is 5.32. The fourth-order valence-electron chi connectivity index (χ4n) is 1.69. The van der Waals surface area contributed by atoms with Crippen molar-refractivity contribution in [2.24, 2.45) is 0 Å². The summed E-state index contributed by atoms with van der Waals surface area (Å²) >= 11 is 0. The van der Waals surface area contributed by atoms with Gasteiger partial charge < -0.3 is 10.4 Å². The Kier molecular flexibility index (Phi) is 4.18. The van der Waals surface area contributed by atoms with E-state index in [-0.39, 0.29) is 12.1 Å². The summed E-state index contributed by atoms with van der Waals surface area (Å²) in [6.45, 7) is 2.71. The molecule has 0 radical (unpaired) electrons. The van der Waals surface area contributed by atoms with Gasteiger partial charge >= 0.3 is 18.1 Å². The van der Waals surface area contributed by atoms with Crippen molar-refractivity contribution in [2.75, 3.05) is 0 Å². The first-order valence-electron chi connectivity index (χ1n) is 5.32. The van der Waals surface area contributed by atoms with Crippen molar-refractivity contribution >= 4 is 11.9 Å². The van der Waals surface area contributed by atoms with Gasteiger partial charge in [0.15, 0.2) is 0 Å². The van der Waals surface area contributed by atoms with E-state index in [0.717, 1.165) is 0 Å². The maximum Gasteiger partial charge on any atom is 0.471 e. The number of benzene rings is 1. The lowest BCUT2D eigenvalue weighted by atomic mass is 9.97. The number of carbonyl (C=O) groups is 2. The van der Waals surface area contributed by atoms with Crippen LogP contribution in [0.4, 0.5) is 13.2 Å². The summed E-state index contributed by atoms with van der Waals surface area (Å²) in [4.78, 5) is 21.7. The van der Waals surface area contributed by atoms with Crippen molar-refractivity contribution < 1.29 is 27.9 Å². The SMILES string of the molecule is Cc1ccc(CNC(=O)C(F)(F)F)c(C)c1C(=O)O. The predicted octanol–water partition coefficient (Wildman–Crippen LogP) is 2.18. The van der Waals surface area contributed by atoms with Crippen LogP contribution in [0.1, 0.15) is 27.0 Å². The molecule has 4 nitrogen and oxygen atoms in total. The van der Waals surface area contributed by atoms with Crippen molar-refractivity contribution in [1.29, 1.82) is 0 Å². The van der Waals surface area contributed by atoms with Gasteiger partial charge in [-0.1, -0.05) is 12.1 Å². The van der Waals surface area contributed by atoms with Gasteiger partial charge in [-0.3, -0.25) is 4.79 Å². The number of hydrogen-bond donors (Lipinski definition) is 2. The third-order valence-corrected chi connectivity index (χ3v) is 2.70. The van der Waals surface area contributed by atoms with Gasteiger partial charge in [0.25, 0.3) is 0 Å². The summed E-state index contributed by atoms with van der Waals surface area (Å²) in [5, 5.41) is 10.7. The molecule has 1 aromatic carbocycles. The number of aromatic carboxylic acids is 1. The van der Waals surface area contributed by atoms with Gasteiger partial charge in [-0.05, 0) is 30.5 Å². The largest absolute Gasteiger partial charge is 0.478 e. The van der Waals surface area contributed by atoms with Crippen LogP contribution in [-0.4, -0.2) is 23.2 Å². The topological polar surface area (TPSA) is 66.4 Å². The van der Waals surface area contributed by atoms with Crippen LogP contribution in [-0.2, 0) is 11.3 Å². The van der Waals surface area contributed by atoms with Crippen LogP contribution >= 0.6 is 0 Å². The van der Waals surface area contributed by atoms with Crippen LogP contribution < -0.4 is 5.32 Å². The molecule has 0 unspecified atom stereocenters. The Morgan fingerprint density at radius 1 is 1.26 bits per heavy atom. The number of aryl methyl sites for hydroxylation is 1. The van der Waals surface area contributed by atoms with Gasteiger partial charge in [0.2, 0.25) is 0 Å². The minimum atomic E-state index is -4.95. The number of nitrogens with one attached hydrogen (secondary N) is 1. The Morgan fingerprint density at radius 2 is 1.84 bits per heavy atom. The third-order valence-electron chi connectivity index (χ3n) is 2.70. The molecule has 0 saturated heterocycles. The highest BCUT2D eigenvalue weighted by Gasteiger charge is 2.38. The van der Waals surface area contributed by atoms with E-state index in [1.807, 2.05) is 0 Å². The van der Waals surface area contributed by atoms with E-state index in [4.69, 9.17) is 5.11 Å². The highest BCUT2D eigenvalue weighted by molar-refractivity contribution is 5.91. The Bertz CT molecular complexity index is 524. The van der Waals surface area contributed by atoms with E-state index < -0.39 is 18.1 Å². The molecule has 1 rings (SSSR count). The highest BCUT2D eigenvalue weighted by Crippen LogP contribution is 2.19. The molecule has 0 aliphatic carbocycles. The molecule has 1 amide bonds. The molecule has 0 aliphatic heterocycles. The summed E-state index contributed by atoms with van der Waals surface area (Å²) in [5.41, 5.74) is 1.23. The van der Waals surface area contributed by atoms with Gasteiger partial charge in [0.1, 0.15) is 0 Å². The zero-order valence-electron chi connectivity index (χ0n) is 10.3. The van der Waals surface area contributed by atoms with Gasteiger partial charge in [-0.15, -0.1) is 0 Å². The van der Waals surface area contributed by atoms with Crippen LogP contribution in [0.5, 0.6) is 0 Å². The van der Waals surface area contributed by atoms with Crippen LogP contribution in [0.25, 0.3) is 0 Å². The lowest BCUT2D eigenvalue weighted by Gasteiger charge is -2.13. The second-order valence-corrected chi connectivity index (χ2v) is 4.03. The van der Waals surface area contributed by atoms with E-state index in [9.17, 15) is 22.8 Å². The van der Waals surface area contributed by atoms with Crippen molar-refractivity contribution in [2.45, 2.75) is 26.6 Å². The highest BCUT2D eigenvalue weighted by atomic mass is 19.4. The Hall–Kier alpha value is -2.05. The van der Waals surface area contributed by atoms with E-state index in [2.05, 4.69) is 0 Å². The van der Waals surface area contributed by atoms with E-state index >= 15 is 0 Å². The van der Waals surface area contributed by atoms with Crippen LogP contribution in [0, 0.1) is 13.8 Å². The average Bonchev–Trinajstić information content (AvgIpc) is 2.25. The molecular weight excluding hydrogens is 263 g/mol. The number of amides is 1. The van der Waals surface area contributed by atoms with Gasteiger partial charge in [0, 0.05) is 6.54 Å². The minimum Gasteiger partial charge on any atom is -0.478 e. The molecule has 0 fully saturated rings. The maximum absolute atomic E-state index is 12.0. The molecular formula is C12H12F3NO3.